The normalized spacial score (nSPS) is 11.6. The molecule has 0 saturated carbocycles. The molecule has 130 valence electrons. The van der Waals surface area contributed by atoms with Gasteiger partial charge in [0.25, 0.3) is 5.91 Å². The van der Waals surface area contributed by atoms with Gasteiger partial charge in [0.2, 0.25) is 0 Å². The maximum Gasteiger partial charge on any atom is 0.336 e. The van der Waals surface area contributed by atoms with Gasteiger partial charge in [-0.1, -0.05) is 12.1 Å². The van der Waals surface area contributed by atoms with E-state index in [1.807, 2.05) is 13.0 Å². The molecule has 0 aliphatic heterocycles. The Hall–Kier alpha value is -3.59. The van der Waals surface area contributed by atoms with Crippen molar-refractivity contribution in [3.8, 4) is 11.8 Å². The first-order valence-corrected chi connectivity index (χ1v) is 7.99. The van der Waals surface area contributed by atoms with E-state index in [2.05, 4.69) is 5.32 Å². The Morgan fingerprint density at radius 1 is 1.23 bits per heavy atom. The zero-order chi connectivity index (χ0) is 18.7. The molecule has 0 radical (unpaired) electrons. The molecule has 1 aromatic heterocycles. The van der Waals surface area contributed by atoms with Crippen LogP contribution in [-0.2, 0) is 4.79 Å². The molecule has 3 rings (SSSR count). The summed E-state index contributed by atoms with van der Waals surface area (Å²) in [6.45, 7) is 3.42. The molecule has 0 aliphatic carbocycles. The van der Waals surface area contributed by atoms with Crippen LogP contribution in [0.3, 0.4) is 0 Å². The highest BCUT2D eigenvalue weighted by molar-refractivity contribution is 5.95. The van der Waals surface area contributed by atoms with Crippen molar-refractivity contribution in [2.24, 2.45) is 0 Å². The van der Waals surface area contributed by atoms with E-state index in [1.165, 1.54) is 6.07 Å². The number of nitrogens with zero attached hydrogens (tertiary/aromatic N) is 1. The summed E-state index contributed by atoms with van der Waals surface area (Å²) in [6, 6.07) is 15.2. The van der Waals surface area contributed by atoms with E-state index in [1.54, 1.807) is 49.4 Å². The number of nitrogens with one attached hydrogen (secondary N) is 1. The molecule has 1 atom stereocenters. The van der Waals surface area contributed by atoms with Crippen molar-refractivity contribution in [3.63, 3.8) is 0 Å². The van der Waals surface area contributed by atoms with Gasteiger partial charge in [-0.3, -0.25) is 4.79 Å². The minimum Gasteiger partial charge on any atom is -0.481 e. The fourth-order valence-electron chi connectivity index (χ4n) is 2.56. The number of hydrogen-bond acceptors (Lipinski definition) is 5. The van der Waals surface area contributed by atoms with Gasteiger partial charge in [0.1, 0.15) is 17.4 Å². The van der Waals surface area contributed by atoms with E-state index in [0.29, 0.717) is 22.6 Å². The first-order chi connectivity index (χ1) is 12.5. The van der Waals surface area contributed by atoms with Gasteiger partial charge in [-0.05, 0) is 43.7 Å². The second kappa shape index (κ2) is 7.11. The van der Waals surface area contributed by atoms with Gasteiger partial charge in [0.05, 0.1) is 11.3 Å². The van der Waals surface area contributed by atoms with Gasteiger partial charge < -0.3 is 14.5 Å². The molecule has 2 aromatic carbocycles. The predicted octanol–water partition coefficient (Wildman–Crippen LogP) is 3.38. The number of aryl methyl sites for hydroxylation is 1. The Bertz CT molecular complexity index is 1080. The number of nitriles is 1. The Balaban J connectivity index is 1.78. The zero-order valence-electron chi connectivity index (χ0n) is 14.3. The smallest absolute Gasteiger partial charge is 0.336 e. The van der Waals surface area contributed by atoms with Crippen molar-refractivity contribution < 1.29 is 13.9 Å². The van der Waals surface area contributed by atoms with Crippen molar-refractivity contribution >= 4 is 22.6 Å². The number of fused-ring (bicyclic) bond motifs is 1. The number of rotatable bonds is 4. The first kappa shape index (κ1) is 17.2. The van der Waals surface area contributed by atoms with Crippen molar-refractivity contribution in [3.05, 3.63) is 70.1 Å². The van der Waals surface area contributed by atoms with Crippen LogP contribution in [0.25, 0.3) is 11.0 Å². The number of ether oxygens (including phenoxy) is 1. The highest BCUT2D eigenvalue weighted by Crippen LogP contribution is 2.23. The summed E-state index contributed by atoms with van der Waals surface area (Å²) < 4.78 is 10.8. The fourth-order valence-corrected chi connectivity index (χ4v) is 2.56. The summed E-state index contributed by atoms with van der Waals surface area (Å²) in [5, 5.41) is 12.6. The van der Waals surface area contributed by atoms with Crippen molar-refractivity contribution in [1.29, 1.82) is 5.26 Å². The summed E-state index contributed by atoms with van der Waals surface area (Å²) in [5.41, 5.74) is 1.56. The summed E-state index contributed by atoms with van der Waals surface area (Å²) in [7, 11) is 0. The van der Waals surface area contributed by atoms with E-state index in [9.17, 15) is 9.59 Å². The third-order valence-electron chi connectivity index (χ3n) is 3.91. The minimum absolute atomic E-state index is 0.371. The molecule has 0 fully saturated rings. The largest absolute Gasteiger partial charge is 0.481 e. The molecular weight excluding hydrogens is 332 g/mol. The van der Waals surface area contributed by atoms with Crippen LogP contribution >= 0.6 is 0 Å². The van der Waals surface area contributed by atoms with Crippen molar-refractivity contribution in [2.45, 2.75) is 20.0 Å². The summed E-state index contributed by atoms with van der Waals surface area (Å²) >= 11 is 0. The van der Waals surface area contributed by atoms with Crippen LogP contribution < -0.4 is 15.7 Å². The highest BCUT2D eigenvalue weighted by Gasteiger charge is 2.17. The summed E-state index contributed by atoms with van der Waals surface area (Å²) in [4.78, 5) is 23.8. The lowest BCUT2D eigenvalue weighted by Gasteiger charge is -2.15. The van der Waals surface area contributed by atoms with Gasteiger partial charge in [0.15, 0.2) is 6.10 Å². The monoisotopic (exact) mass is 348 g/mol. The van der Waals surface area contributed by atoms with E-state index in [4.69, 9.17) is 14.4 Å². The van der Waals surface area contributed by atoms with Crippen LogP contribution in [0.4, 0.5) is 5.69 Å². The van der Waals surface area contributed by atoms with Gasteiger partial charge >= 0.3 is 5.63 Å². The fraction of sp³-hybridized carbons (Fsp3) is 0.150. The molecule has 1 heterocycles. The molecule has 0 saturated heterocycles. The molecule has 6 heteroatoms. The Morgan fingerprint density at radius 2 is 2.00 bits per heavy atom. The topological polar surface area (TPSA) is 92.3 Å². The van der Waals surface area contributed by atoms with E-state index < -0.39 is 17.6 Å². The van der Waals surface area contributed by atoms with Crippen LogP contribution in [0, 0.1) is 18.3 Å². The van der Waals surface area contributed by atoms with Crippen LogP contribution in [-0.4, -0.2) is 12.0 Å². The van der Waals surface area contributed by atoms with Gasteiger partial charge in [-0.2, -0.15) is 5.26 Å². The minimum atomic E-state index is -0.810. The van der Waals surface area contributed by atoms with E-state index in [0.717, 1.165) is 10.9 Å². The summed E-state index contributed by atoms with van der Waals surface area (Å²) in [5.74, 6) is 0.0148. The lowest BCUT2D eigenvalue weighted by molar-refractivity contribution is -0.122. The Morgan fingerprint density at radius 3 is 2.77 bits per heavy atom. The SMILES string of the molecule is Cc1cc(=O)oc2cc(O[C@@H](C)C(=O)Nc3ccccc3C#N)ccc12. The average Bonchev–Trinajstić information content (AvgIpc) is 2.61. The van der Waals surface area contributed by atoms with Crippen LogP contribution in [0.5, 0.6) is 5.75 Å². The Labute approximate surface area is 149 Å². The maximum atomic E-state index is 12.3. The molecule has 0 aliphatic rings. The lowest BCUT2D eigenvalue weighted by Crippen LogP contribution is -2.30. The van der Waals surface area contributed by atoms with E-state index >= 15 is 0 Å². The van der Waals surface area contributed by atoms with Gasteiger partial charge in [-0.15, -0.1) is 0 Å². The lowest BCUT2D eigenvalue weighted by atomic mass is 10.1. The first-order valence-electron chi connectivity index (χ1n) is 7.99. The second-order valence-corrected chi connectivity index (χ2v) is 5.81. The number of para-hydroxylation sites is 1. The molecule has 1 amide bonds. The number of carbonyl (C=O) groups is 1. The quantitative estimate of drug-likeness (QED) is 0.730. The van der Waals surface area contributed by atoms with Crippen LogP contribution in [0.15, 0.2) is 57.7 Å². The number of amides is 1. The Kier molecular flexibility index (Phi) is 4.72. The molecule has 26 heavy (non-hydrogen) atoms. The van der Waals surface area contributed by atoms with Gasteiger partial charge in [-0.25, -0.2) is 4.79 Å². The molecule has 0 bridgehead atoms. The molecular formula is C20H16N2O4. The third kappa shape index (κ3) is 3.57. The number of anilines is 1. The number of carbonyl (C=O) groups excluding carboxylic acids is 1. The van der Waals surface area contributed by atoms with Crippen molar-refractivity contribution in [2.75, 3.05) is 5.32 Å². The molecule has 6 nitrogen and oxygen atoms in total. The average molecular weight is 348 g/mol. The number of hydrogen-bond donors (Lipinski definition) is 1. The third-order valence-corrected chi connectivity index (χ3v) is 3.91. The van der Waals surface area contributed by atoms with E-state index in [-0.39, 0.29) is 0 Å². The van der Waals surface area contributed by atoms with Gasteiger partial charge in [0, 0.05) is 17.5 Å². The molecule has 0 unspecified atom stereocenters. The predicted molar refractivity (Wildman–Crippen MR) is 97.1 cm³/mol. The van der Waals surface area contributed by atoms with Crippen LogP contribution in [0.1, 0.15) is 18.1 Å². The molecule has 3 aromatic rings. The summed E-state index contributed by atoms with van der Waals surface area (Å²) in [6.07, 6.45) is -0.810. The molecule has 0 spiro atoms. The standard InChI is InChI=1S/C20H16N2O4/c1-12-9-19(23)26-18-10-15(7-8-16(12)18)25-13(2)20(24)22-17-6-4-3-5-14(17)11-21/h3-10,13H,1-2H3,(H,22,24)/t13-/m0/s1. The van der Waals surface area contributed by atoms with Crippen LogP contribution in [0.2, 0.25) is 0 Å². The number of benzene rings is 2. The van der Waals surface area contributed by atoms with Crippen molar-refractivity contribution in [1.82, 2.24) is 0 Å². The highest BCUT2D eigenvalue weighted by atomic mass is 16.5. The molecule has 1 N–H and O–H groups in total. The zero-order valence-corrected chi connectivity index (χ0v) is 14.3. The second-order valence-electron chi connectivity index (χ2n) is 5.81. The maximum absolute atomic E-state index is 12.3.